The summed E-state index contributed by atoms with van der Waals surface area (Å²) in [5.41, 5.74) is 5.28. The number of H-pyrrole nitrogens is 1. The average molecular weight is 252 g/mol. The first kappa shape index (κ1) is 12.3. The van der Waals surface area contributed by atoms with E-state index in [1.807, 2.05) is 4.90 Å². The van der Waals surface area contributed by atoms with Crippen molar-refractivity contribution in [3.05, 3.63) is 5.82 Å². The van der Waals surface area contributed by atoms with Gasteiger partial charge < -0.3 is 16.0 Å². The Morgan fingerprint density at radius 2 is 2.11 bits per heavy atom. The number of amides is 2. The molecule has 1 fully saturated rings. The molecule has 18 heavy (non-hydrogen) atoms. The number of carbonyl (C=O) groups excluding carboxylic acids is 2. The molecule has 1 aromatic heterocycles. The molecule has 0 spiro atoms. The SMILES string of the molecule is Nc1n[nH]c(C(=O)NCCC(=O)N2CCCC2)n1. The molecule has 0 radical (unpaired) electrons. The van der Waals surface area contributed by atoms with Gasteiger partial charge in [-0.25, -0.2) is 0 Å². The fourth-order valence-electron chi connectivity index (χ4n) is 1.87. The van der Waals surface area contributed by atoms with Crippen molar-refractivity contribution in [1.29, 1.82) is 0 Å². The van der Waals surface area contributed by atoms with Crippen LogP contribution < -0.4 is 11.1 Å². The van der Waals surface area contributed by atoms with Gasteiger partial charge in [0.15, 0.2) is 0 Å². The Hall–Kier alpha value is -2.12. The van der Waals surface area contributed by atoms with E-state index in [1.165, 1.54) is 0 Å². The highest BCUT2D eigenvalue weighted by Gasteiger charge is 2.18. The molecule has 8 heteroatoms. The number of hydrogen-bond donors (Lipinski definition) is 3. The number of hydrogen-bond acceptors (Lipinski definition) is 5. The van der Waals surface area contributed by atoms with Crippen LogP contribution in [-0.2, 0) is 4.79 Å². The van der Waals surface area contributed by atoms with Crippen LogP contribution in [0.4, 0.5) is 5.95 Å². The fraction of sp³-hybridized carbons (Fsp3) is 0.600. The summed E-state index contributed by atoms with van der Waals surface area (Å²) in [5.74, 6) is -0.257. The second-order valence-corrected chi connectivity index (χ2v) is 4.14. The normalized spacial score (nSPS) is 14.8. The number of likely N-dealkylation sites (tertiary alicyclic amines) is 1. The van der Waals surface area contributed by atoms with Crippen LogP contribution in [0.1, 0.15) is 29.9 Å². The summed E-state index contributed by atoms with van der Waals surface area (Å²) < 4.78 is 0. The molecular formula is C10H16N6O2. The molecule has 98 valence electrons. The molecule has 1 aromatic rings. The van der Waals surface area contributed by atoms with Crippen molar-refractivity contribution in [2.24, 2.45) is 0 Å². The Morgan fingerprint density at radius 1 is 1.39 bits per heavy atom. The summed E-state index contributed by atoms with van der Waals surface area (Å²) in [5, 5.41) is 8.55. The lowest BCUT2D eigenvalue weighted by molar-refractivity contribution is -0.129. The lowest BCUT2D eigenvalue weighted by Gasteiger charge is -2.14. The Bertz CT molecular complexity index is 437. The zero-order chi connectivity index (χ0) is 13.0. The van der Waals surface area contributed by atoms with Crippen LogP contribution in [0, 0.1) is 0 Å². The van der Waals surface area contributed by atoms with Crippen molar-refractivity contribution in [1.82, 2.24) is 25.4 Å². The smallest absolute Gasteiger partial charge is 0.288 e. The molecule has 1 aliphatic rings. The van der Waals surface area contributed by atoms with Gasteiger partial charge in [0, 0.05) is 26.1 Å². The number of aromatic nitrogens is 3. The number of nitrogen functional groups attached to an aromatic ring is 1. The largest absolute Gasteiger partial charge is 0.366 e. The second-order valence-electron chi connectivity index (χ2n) is 4.14. The minimum Gasteiger partial charge on any atom is -0.366 e. The van der Waals surface area contributed by atoms with Crippen LogP contribution in [-0.4, -0.2) is 51.5 Å². The van der Waals surface area contributed by atoms with Crippen LogP contribution >= 0.6 is 0 Å². The molecule has 2 amide bonds. The lowest BCUT2D eigenvalue weighted by atomic mass is 10.3. The monoisotopic (exact) mass is 252 g/mol. The van der Waals surface area contributed by atoms with Gasteiger partial charge in [0.05, 0.1) is 0 Å². The van der Waals surface area contributed by atoms with Gasteiger partial charge in [-0.2, -0.15) is 4.98 Å². The third-order valence-electron chi connectivity index (χ3n) is 2.80. The molecule has 0 unspecified atom stereocenters. The molecule has 2 rings (SSSR count). The van der Waals surface area contributed by atoms with Gasteiger partial charge in [-0.1, -0.05) is 0 Å². The molecule has 0 atom stereocenters. The molecule has 1 saturated heterocycles. The van der Waals surface area contributed by atoms with E-state index >= 15 is 0 Å². The van der Waals surface area contributed by atoms with Gasteiger partial charge in [0.1, 0.15) is 0 Å². The van der Waals surface area contributed by atoms with Crippen LogP contribution in [0.2, 0.25) is 0 Å². The van der Waals surface area contributed by atoms with Crippen molar-refractivity contribution < 1.29 is 9.59 Å². The number of nitrogens with one attached hydrogen (secondary N) is 2. The summed E-state index contributed by atoms with van der Waals surface area (Å²) in [6.45, 7) is 1.94. The van der Waals surface area contributed by atoms with E-state index in [9.17, 15) is 9.59 Å². The first-order chi connectivity index (χ1) is 8.66. The molecule has 2 heterocycles. The highest BCUT2D eigenvalue weighted by molar-refractivity contribution is 5.90. The number of nitrogens with zero attached hydrogens (tertiary/aromatic N) is 3. The van der Waals surface area contributed by atoms with Crippen molar-refractivity contribution >= 4 is 17.8 Å². The van der Waals surface area contributed by atoms with Crippen LogP contribution in [0.15, 0.2) is 0 Å². The highest BCUT2D eigenvalue weighted by atomic mass is 16.2. The van der Waals surface area contributed by atoms with E-state index < -0.39 is 5.91 Å². The van der Waals surface area contributed by atoms with Crippen molar-refractivity contribution in [3.63, 3.8) is 0 Å². The van der Waals surface area contributed by atoms with Gasteiger partial charge >= 0.3 is 0 Å². The Kier molecular flexibility index (Phi) is 3.75. The van der Waals surface area contributed by atoms with Crippen molar-refractivity contribution in [3.8, 4) is 0 Å². The topological polar surface area (TPSA) is 117 Å². The Balaban J connectivity index is 1.71. The van der Waals surface area contributed by atoms with Gasteiger partial charge in [-0.05, 0) is 12.8 Å². The first-order valence-electron chi connectivity index (χ1n) is 5.90. The van der Waals surface area contributed by atoms with E-state index in [1.54, 1.807) is 0 Å². The zero-order valence-corrected chi connectivity index (χ0v) is 9.98. The van der Waals surface area contributed by atoms with E-state index in [-0.39, 0.29) is 24.2 Å². The van der Waals surface area contributed by atoms with Crippen molar-refractivity contribution in [2.75, 3.05) is 25.4 Å². The zero-order valence-electron chi connectivity index (χ0n) is 9.98. The molecule has 0 aromatic carbocycles. The maximum absolute atomic E-state index is 11.7. The quantitative estimate of drug-likeness (QED) is 0.644. The number of carbonyl (C=O) groups is 2. The molecule has 0 bridgehead atoms. The molecule has 1 aliphatic heterocycles. The standard InChI is InChI=1S/C10H16N6O2/c11-10-13-8(14-15-10)9(18)12-4-3-7(17)16-5-1-2-6-16/h1-6H2,(H,12,18)(H3,11,13,14,15). The van der Waals surface area contributed by atoms with Crippen molar-refractivity contribution in [2.45, 2.75) is 19.3 Å². The lowest BCUT2D eigenvalue weighted by Crippen LogP contribution is -2.33. The fourth-order valence-corrected chi connectivity index (χ4v) is 1.87. The maximum atomic E-state index is 11.7. The number of rotatable bonds is 4. The van der Waals surface area contributed by atoms with Gasteiger partial charge in [0.2, 0.25) is 17.7 Å². The second kappa shape index (κ2) is 5.48. The summed E-state index contributed by atoms with van der Waals surface area (Å²) in [4.78, 5) is 28.7. The third-order valence-corrected chi connectivity index (χ3v) is 2.80. The minimum absolute atomic E-state index is 0.0216. The Labute approximate surface area is 104 Å². The summed E-state index contributed by atoms with van der Waals surface area (Å²) in [7, 11) is 0. The highest BCUT2D eigenvalue weighted by Crippen LogP contribution is 2.08. The molecule has 4 N–H and O–H groups in total. The summed E-state index contributed by atoms with van der Waals surface area (Å²) >= 11 is 0. The van der Waals surface area contributed by atoms with E-state index in [0.717, 1.165) is 25.9 Å². The van der Waals surface area contributed by atoms with Crippen LogP contribution in [0.3, 0.4) is 0 Å². The minimum atomic E-state index is -0.409. The molecular weight excluding hydrogens is 236 g/mol. The summed E-state index contributed by atoms with van der Waals surface area (Å²) in [6, 6.07) is 0. The number of aromatic amines is 1. The van der Waals surface area contributed by atoms with Crippen LogP contribution in [0.5, 0.6) is 0 Å². The van der Waals surface area contributed by atoms with Crippen LogP contribution in [0.25, 0.3) is 0 Å². The van der Waals surface area contributed by atoms with Gasteiger partial charge in [-0.15, -0.1) is 5.10 Å². The Morgan fingerprint density at radius 3 is 2.72 bits per heavy atom. The van der Waals surface area contributed by atoms with E-state index in [2.05, 4.69) is 20.5 Å². The summed E-state index contributed by atoms with van der Waals surface area (Å²) in [6.07, 6.45) is 2.43. The predicted octanol–water partition coefficient (Wildman–Crippen LogP) is -0.871. The molecule has 0 saturated carbocycles. The predicted molar refractivity (Wildman–Crippen MR) is 63.6 cm³/mol. The van der Waals surface area contributed by atoms with Gasteiger partial charge in [-0.3, -0.25) is 14.7 Å². The van der Waals surface area contributed by atoms with E-state index in [0.29, 0.717) is 6.42 Å². The molecule has 8 nitrogen and oxygen atoms in total. The number of anilines is 1. The number of nitrogens with two attached hydrogens (primary N) is 1. The maximum Gasteiger partial charge on any atom is 0.288 e. The molecule has 0 aliphatic carbocycles. The average Bonchev–Trinajstić information content (AvgIpc) is 2.99. The van der Waals surface area contributed by atoms with E-state index in [4.69, 9.17) is 5.73 Å². The first-order valence-corrected chi connectivity index (χ1v) is 5.90. The third kappa shape index (κ3) is 2.96. The van der Waals surface area contributed by atoms with Gasteiger partial charge in [0.25, 0.3) is 5.91 Å².